The fourth-order valence-electron chi connectivity index (χ4n) is 3.42. The molecule has 6 nitrogen and oxygen atoms in total. The lowest BCUT2D eigenvalue weighted by atomic mass is 10.1. The second-order valence-electron chi connectivity index (χ2n) is 7.07. The molecule has 0 unspecified atom stereocenters. The number of piperazine rings is 1. The Labute approximate surface area is 179 Å². The largest absolute Gasteiger partial charge is 0.431 e. The number of hydrogen-bond donors (Lipinski definition) is 0. The standard InChI is InChI=1S/C23H23N3O3S/c1-17(27)25-12-14-26(15-13-25)20(28)16-30-23-24-21(18-8-4-2-5-9-18)22(29-23)19-10-6-3-7-11-19/h2-11H,12-16H2,1H3. The topological polar surface area (TPSA) is 66.7 Å². The zero-order valence-electron chi connectivity index (χ0n) is 16.8. The van der Waals surface area contributed by atoms with Crippen LogP contribution in [0.2, 0.25) is 0 Å². The van der Waals surface area contributed by atoms with Crippen LogP contribution in [0.1, 0.15) is 6.92 Å². The van der Waals surface area contributed by atoms with Crippen molar-refractivity contribution in [1.82, 2.24) is 14.8 Å². The van der Waals surface area contributed by atoms with Gasteiger partial charge < -0.3 is 14.2 Å². The SMILES string of the molecule is CC(=O)N1CCN(C(=O)CSc2nc(-c3ccccc3)c(-c3ccccc3)o2)CC1. The monoisotopic (exact) mass is 421 g/mol. The van der Waals surface area contributed by atoms with E-state index in [1.807, 2.05) is 60.7 Å². The molecule has 1 saturated heterocycles. The number of benzene rings is 2. The Morgan fingerprint density at radius 2 is 1.47 bits per heavy atom. The number of aromatic nitrogens is 1. The first-order valence-electron chi connectivity index (χ1n) is 9.89. The number of hydrogen-bond acceptors (Lipinski definition) is 5. The number of rotatable bonds is 5. The van der Waals surface area contributed by atoms with Gasteiger partial charge in [0.1, 0.15) is 5.69 Å². The minimum absolute atomic E-state index is 0.0314. The maximum absolute atomic E-state index is 12.6. The molecular formula is C23H23N3O3S. The summed E-state index contributed by atoms with van der Waals surface area (Å²) >= 11 is 1.30. The number of amides is 2. The number of nitrogens with zero attached hydrogens (tertiary/aromatic N) is 3. The molecule has 0 spiro atoms. The summed E-state index contributed by atoms with van der Waals surface area (Å²) in [7, 11) is 0. The Morgan fingerprint density at radius 1 is 0.900 bits per heavy atom. The van der Waals surface area contributed by atoms with Gasteiger partial charge in [0.05, 0.1) is 5.75 Å². The van der Waals surface area contributed by atoms with Crippen LogP contribution in [0.25, 0.3) is 22.6 Å². The van der Waals surface area contributed by atoms with Crippen LogP contribution >= 0.6 is 11.8 Å². The van der Waals surface area contributed by atoms with Gasteiger partial charge in [0.25, 0.3) is 5.22 Å². The van der Waals surface area contributed by atoms with Gasteiger partial charge >= 0.3 is 0 Å². The fraction of sp³-hybridized carbons (Fsp3) is 0.261. The zero-order valence-corrected chi connectivity index (χ0v) is 17.6. The number of thioether (sulfide) groups is 1. The molecule has 0 atom stereocenters. The average Bonchev–Trinajstić information content (AvgIpc) is 3.23. The molecule has 0 radical (unpaired) electrons. The van der Waals surface area contributed by atoms with Crippen molar-refractivity contribution in [2.75, 3.05) is 31.9 Å². The highest BCUT2D eigenvalue weighted by Gasteiger charge is 2.23. The predicted octanol–water partition coefficient (Wildman–Crippen LogP) is 3.79. The van der Waals surface area contributed by atoms with Crippen molar-refractivity contribution in [1.29, 1.82) is 0 Å². The highest BCUT2D eigenvalue weighted by molar-refractivity contribution is 7.99. The van der Waals surface area contributed by atoms with E-state index in [4.69, 9.17) is 4.42 Å². The summed E-state index contributed by atoms with van der Waals surface area (Å²) in [6.45, 7) is 3.86. The van der Waals surface area contributed by atoms with Crippen molar-refractivity contribution in [3.8, 4) is 22.6 Å². The average molecular weight is 422 g/mol. The van der Waals surface area contributed by atoms with Gasteiger partial charge in [-0.25, -0.2) is 4.98 Å². The van der Waals surface area contributed by atoms with Gasteiger partial charge in [-0.1, -0.05) is 72.4 Å². The molecule has 2 aromatic carbocycles. The van der Waals surface area contributed by atoms with Gasteiger partial charge in [0, 0.05) is 44.2 Å². The minimum atomic E-state index is 0.0314. The summed E-state index contributed by atoms with van der Waals surface area (Å²) in [6, 6.07) is 19.8. The van der Waals surface area contributed by atoms with Crippen molar-refractivity contribution in [3.63, 3.8) is 0 Å². The minimum Gasteiger partial charge on any atom is -0.431 e. The predicted molar refractivity (Wildman–Crippen MR) is 117 cm³/mol. The van der Waals surface area contributed by atoms with Crippen LogP contribution in [-0.2, 0) is 9.59 Å². The molecule has 1 aromatic heterocycles. The Bertz CT molecular complexity index is 956. The fourth-order valence-corrected chi connectivity index (χ4v) is 4.15. The maximum Gasteiger partial charge on any atom is 0.257 e. The van der Waals surface area contributed by atoms with Crippen molar-refractivity contribution in [2.45, 2.75) is 12.1 Å². The van der Waals surface area contributed by atoms with E-state index in [9.17, 15) is 9.59 Å². The molecule has 0 aliphatic carbocycles. The lowest BCUT2D eigenvalue weighted by molar-refractivity contribution is -0.136. The van der Waals surface area contributed by atoms with Gasteiger partial charge in [0.15, 0.2) is 5.76 Å². The van der Waals surface area contributed by atoms with Crippen molar-refractivity contribution in [3.05, 3.63) is 60.7 Å². The first-order chi connectivity index (χ1) is 14.6. The molecule has 0 N–H and O–H groups in total. The highest BCUT2D eigenvalue weighted by atomic mass is 32.2. The van der Waals surface area contributed by atoms with Crippen LogP contribution in [0.4, 0.5) is 0 Å². The highest BCUT2D eigenvalue weighted by Crippen LogP contribution is 2.35. The van der Waals surface area contributed by atoms with E-state index in [1.165, 1.54) is 11.8 Å². The van der Waals surface area contributed by atoms with E-state index in [2.05, 4.69) is 4.98 Å². The van der Waals surface area contributed by atoms with Crippen LogP contribution in [0.3, 0.4) is 0 Å². The number of carbonyl (C=O) groups excluding carboxylic acids is 2. The third-order valence-electron chi connectivity index (χ3n) is 5.09. The van der Waals surface area contributed by atoms with E-state index in [0.717, 1.165) is 16.8 Å². The molecule has 1 fully saturated rings. The molecule has 2 amide bonds. The normalized spacial score (nSPS) is 14.0. The molecule has 4 rings (SSSR count). The van der Waals surface area contributed by atoms with Crippen molar-refractivity contribution < 1.29 is 14.0 Å². The van der Waals surface area contributed by atoms with Crippen LogP contribution in [-0.4, -0.2) is 58.5 Å². The van der Waals surface area contributed by atoms with E-state index in [1.54, 1.807) is 16.7 Å². The molecule has 154 valence electrons. The molecule has 0 bridgehead atoms. The van der Waals surface area contributed by atoms with E-state index in [0.29, 0.717) is 37.2 Å². The Balaban J connectivity index is 1.48. The second-order valence-corrected chi connectivity index (χ2v) is 7.99. The summed E-state index contributed by atoms with van der Waals surface area (Å²) in [4.78, 5) is 32.3. The van der Waals surface area contributed by atoms with Crippen LogP contribution in [0.15, 0.2) is 70.3 Å². The summed E-state index contributed by atoms with van der Waals surface area (Å²) in [5.74, 6) is 1.04. The molecule has 2 heterocycles. The molecule has 0 saturated carbocycles. The number of oxazole rings is 1. The smallest absolute Gasteiger partial charge is 0.257 e. The summed E-state index contributed by atoms with van der Waals surface area (Å²) in [5, 5.41) is 0.475. The van der Waals surface area contributed by atoms with Crippen LogP contribution in [0, 0.1) is 0 Å². The molecule has 1 aliphatic rings. The molecule has 3 aromatic rings. The van der Waals surface area contributed by atoms with Gasteiger partial charge in [-0.05, 0) is 0 Å². The maximum atomic E-state index is 12.6. The van der Waals surface area contributed by atoms with E-state index >= 15 is 0 Å². The van der Waals surface area contributed by atoms with Gasteiger partial charge in [-0.2, -0.15) is 0 Å². The van der Waals surface area contributed by atoms with Crippen molar-refractivity contribution in [2.24, 2.45) is 0 Å². The Morgan fingerprint density at radius 3 is 2.07 bits per heavy atom. The Hall–Kier alpha value is -3.06. The van der Waals surface area contributed by atoms with Crippen LogP contribution in [0.5, 0.6) is 0 Å². The summed E-state index contributed by atoms with van der Waals surface area (Å²) < 4.78 is 6.07. The lowest BCUT2D eigenvalue weighted by Gasteiger charge is -2.34. The molecular weight excluding hydrogens is 398 g/mol. The van der Waals surface area contributed by atoms with Crippen LogP contribution < -0.4 is 0 Å². The van der Waals surface area contributed by atoms with Gasteiger partial charge in [0.2, 0.25) is 11.8 Å². The summed E-state index contributed by atoms with van der Waals surface area (Å²) in [6.07, 6.45) is 0. The van der Waals surface area contributed by atoms with E-state index < -0.39 is 0 Å². The van der Waals surface area contributed by atoms with Crippen molar-refractivity contribution >= 4 is 23.6 Å². The first kappa shape index (κ1) is 20.2. The third-order valence-corrected chi connectivity index (χ3v) is 5.90. The third kappa shape index (κ3) is 4.57. The van der Waals surface area contributed by atoms with Gasteiger partial charge in [-0.15, -0.1) is 0 Å². The quantitative estimate of drug-likeness (QED) is 0.587. The van der Waals surface area contributed by atoms with E-state index in [-0.39, 0.29) is 17.6 Å². The zero-order chi connectivity index (χ0) is 20.9. The Kier molecular flexibility index (Phi) is 6.18. The molecule has 30 heavy (non-hydrogen) atoms. The second kappa shape index (κ2) is 9.17. The molecule has 7 heteroatoms. The lowest BCUT2D eigenvalue weighted by Crippen LogP contribution is -2.50. The first-order valence-corrected chi connectivity index (χ1v) is 10.9. The van der Waals surface area contributed by atoms with Gasteiger partial charge in [-0.3, -0.25) is 9.59 Å². The molecule has 1 aliphatic heterocycles. The summed E-state index contributed by atoms with van der Waals surface area (Å²) in [5.41, 5.74) is 2.69. The number of carbonyl (C=O) groups is 2.